The molecule has 2 aromatic rings. The number of piperidine rings is 1. The lowest BCUT2D eigenvalue weighted by Gasteiger charge is -2.26. The summed E-state index contributed by atoms with van der Waals surface area (Å²) < 4.78 is 0. The van der Waals surface area contributed by atoms with Crippen molar-refractivity contribution in [3.05, 3.63) is 36.2 Å². The van der Waals surface area contributed by atoms with Crippen LogP contribution in [0.3, 0.4) is 0 Å². The predicted octanol–water partition coefficient (Wildman–Crippen LogP) is 2.48. The van der Waals surface area contributed by atoms with Crippen molar-refractivity contribution in [1.82, 2.24) is 15.0 Å². The van der Waals surface area contributed by atoms with Crippen LogP contribution in [-0.4, -0.2) is 28.0 Å². The fraction of sp³-hybridized carbons (Fsp3) is 0.333. The normalized spacial score (nSPS) is 14.5. The largest absolute Gasteiger partial charge is 0.341 e. The van der Waals surface area contributed by atoms with Crippen LogP contribution in [0.4, 0.5) is 17.6 Å². The Bertz CT molecular complexity index is 643. The van der Waals surface area contributed by atoms with Crippen LogP contribution in [0.25, 0.3) is 0 Å². The number of anilines is 3. The van der Waals surface area contributed by atoms with Gasteiger partial charge in [0.15, 0.2) is 0 Å². The molecular weight excluding hydrogens is 264 g/mol. The summed E-state index contributed by atoms with van der Waals surface area (Å²) in [5, 5.41) is 12.2. The monoisotopic (exact) mass is 280 g/mol. The maximum atomic E-state index is 9.10. The number of nitriles is 1. The van der Waals surface area contributed by atoms with Gasteiger partial charge < -0.3 is 10.2 Å². The Labute approximate surface area is 123 Å². The maximum Gasteiger partial charge on any atom is 0.238 e. The van der Waals surface area contributed by atoms with Gasteiger partial charge in [-0.05, 0) is 31.4 Å². The first-order valence-electron chi connectivity index (χ1n) is 7.08. The van der Waals surface area contributed by atoms with E-state index in [9.17, 15) is 0 Å². The van der Waals surface area contributed by atoms with E-state index in [1.807, 2.05) is 36.4 Å². The van der Waals surface area contributed by atoms with E-state index in [1.54, 1.807) is 0 Å². The Morgan fingerprint density at radius 2 is 1.76 bits per heavy atom. The fourth-order valence-corrected chi connectivity index (χ4v) is 2.36. The van der Waals surface area contributed by atoms with Gasteiger partial charge >= 0.3 is 0 Å². The Balaban J connectivity index is 1.88. The van der Waals surface area contributed by atoms with Crippen LogP contribution in [0, 0.1) is 11.3 Å². The highest BCUT2D eigenvalue weighted by molar-refractivity contribution is 5.54. The van der Waals surface area contributed by atoms with Gasteiger partial charge in [0, 0.05) is 18.8 Å². The van der Waals surface area contributed by atoms with Gasteiger partial charge in [0.05, 0.1) is 0 Å². The van der Waals surface area contributed by atoms with Gasteiger partial charge in [0.25, 0.3) is 0 Å². The highest BCUT2D eigenvalue weighted by atomic mass is 15.3. The van der Waals surface area contributed by atoms with Gasteiger partial charge in [0.1, 0.15) is 6.07 Å². The van der Waals surface area contributed by atoms with Crippen molar-refractivity contribution >= 4 is 17.6 Å². The van der Waals surface area contributed by atoms with E-state index >= 15 is 0 Å². The van der Waals surface area contributed by atoms with Crippen molar-refractivity contribution in [3.63, 3.8) is 0 Å². The van der Waals surface area contributed by atoms with Gasteiger partial charge in [-0.3, -0.25) is 0 Å². The molecule has 0 spiro atoms. The number of benzene rings is 1. The molecule has 6 nitrogen and oxygen atoms in total. The number of para-hydroxylation sites is 1. The first-order valence-corrected chi connectivity index (χ1v) is 7.08. The van der Waals surface area contributed by atoms with Crippen LogP contribution >= 0.6 is 0 Å². The lowest BCUT2D eigenvalue weighted by molar-refractivity contribution is 0.567. The zero-order valence-corrected chi connectivity index (χ0v) is 11.7. The minimum absolute atomic E-state index is 0.143. The van der Waals surface area contributed by atoms with E-state index in [1.165, 1.54) is 6.42 Å². The Kier molecular flexibility index (Phi) is 3.92. The van der Waals surface area contributed by atoms with Crippen LogP contribution in [0.2, 0.25) is 0 Å². The van der Waals surface area contributed by atoms with E-state index < -0.39 is 0 Å². The van der Waals surface area contributed by atoms with E-state index in [0.29, 0.717) is 11.9 Å². The van der Waals surface area contributed by atoms with Crippen molar-refractivity contribution in [2.24, 2.45) is 0 Å². The average molecular weight is 280 g/mol. The van der Waals surface area contributed by atoms with Crippen molar-refractivity contribution in [2.75, 3.05) is 23.3 Å². The molecule has 2 heterocycles. The summed E-state index contributed by atoms with van der Waals surface area (Å²) in [4.78, 5) is 14.9. The van der Waals surface area contributed by atoms with Crippen LogP contribution in [0.5, 0.6) is 0 Å². The van der Waals surface area contributed by atoms with Gasteiger partial charge in [-0.25, -0.2) is 0 Å². The van der Waals surface area contributed by atoms with Crippen molar-refractivity contribution < 1.29 is 0 Å². The molecule has 0 saturated carbocycles. The molecule has 0 amide bonds. The van der Waals surface area contributed by atoms with Crippen LogP contribution < -0.4 is 10.2 Å². The minimum Gasteiger partial charge on any atom is -0.341 e. The second-order valence-electron chi connectivity index (χ2n) is 4.93. The third-order valence-corrected chi connectivity index (χ3v) is 3.39. The second-order valence-corrected chi connectivity index (χ2v) is 4.93. The van der Waals surface area contributed by atoms with Crippen LogP contribution in [-0.2, 0) is 0 Å². The first kappa shape index (κ1) is 13.3. The van der Waals surface area contributed by atoms with Crippen molar-refractivity contribution in [2.45, 2.75) is 19.3 Å². The van der Waals surface area contributed by atoms with E-state index in [-0.39, 0.29) is 5.82 Å². The topological polar surface area (TPSA) is 77.7 Å². The molecule has 1 N–H and O–H groups in total. The fourth-order valence-electron chi connectivity index (χ4n) is 2.36. The molecule has 106 valence electrons. The summed E-state index contributed by atoms with van der Waals surface area (Å²) in [6, 6.07) is 11.7. The molecule has 0 unspecified atom stereocenters. The summed E-state index contributed by atoms with van der Waals surface area (Å²) in [5.74, 6) is 1.14. The molecule has 1 saturated heterocycles. The summed E-state index contributed by atoms with van der Waals surface area (Å²) in [7, 11) is 0. The summed E-state index contributed by atoms with van der Waals surface area (Å²) in [5.41, 5.74) is 0.886. The molecule has 21 heavy (non-hydrogen) atoms. The zero-order valence-electron chi connectivity index (χ0n) is 11.7. The number of rotatable bonds is 3. The number of aromatic nitrogens is 3. The van der Waals surface area contributed by atoms with Gasteiger partial charge in [-0.1, -0.05) is 18.2 Å². The third kappa shape index (κ3) is 3.26. The molecule has 6 heteroatoms. The highest BCUT2D eigenvalue weighted by Gasteiger charge is 2.16. The van der Waals surface area contributed by atoms with E-state index in [2.05, 4.69) is 25.2 Å². The summed E-state index contributed by atoms with van der Waals surface area (Å²) in [6.07, 6.45) is 3.51. The summed E-state index contributed by atoms with van der Waals surface area (Å²) in [6.45, 7) is 1.86. The molecule has 0 bridgehead atoms. The molecule has 0 radical (unpaired) electrons. The van der Waals surface area contributed by atoms with Crippen molar-refractivity contribution in [3.8, 4) is 6.07 Å². The number of hydrogen-bond donors (Lipinski definition) is 1. The number of hydrogen-bond acceptors (Lipinski definition) is 6. The summed E-state index contributed by atoms with van der Waals surface area (Å²) >= 11 is 0. The molecule has 1 aliphatic heterocycles. The second kappa shape index (κ2) is 6.18. The molecule has 1 aromatic carbocycles. The molecule has 1 aromatic heterocycles. The Morgan fingerprint density at radius 3 is 2.48 bits per heavy atom. The SMILES string of the molecule is N#Cc1nc(Nc2ccccc2)nc(N2CCCCC2)n1. The van der Waals surface area contributed by atoms with Gasteiger partial charge in [-0.2, -0.15) is 20.2 Å². The Morgan fingerprint density at radius 1 is 1.00 bits per heavy atom. The smallest absolute Gasteiger partial charge is 0.238 e. The predicted molar refractivity (Wildman–Crippen MR) is 80.3 cm³/mol. The molecule has 0 atom stereocenters. The zero-order chi connectivity index (χ0) is 14.5. The lowest BCUT2D eigenvalue weighted by Crippen LogP contribution is -2.31. The van der Waals surface area contributed by atoms with E-state index in [4.69, 9.17) is 5.26 Å². The van der Waals surface area contributed by atoms with Crippen molar-refractivity contribution in [1.29, 1.82) is 5.26 Å². The van der Waals surface area contributed by atoms with Crippen LogP contribution in [0.15, 0.2) is 30.3 Å². The first-order chi connectivity index (χ1) is 10.3. The van der Waals surface area contributed by atoms with Gasteiger partial charge in [0.2, 0.25) is 17.7 Å². The minimum atomic E-state index is 0.143. The molecule has 1 fully saturated rings. The Hall–Kier alpha value is -2.68. The standard InChI is InChI=1S/C15H16N6/c16-11-13-18-14(17-12-7-3-1-4-8-12)20-15(19-13)21-9-5-2-6-10-21/h1,3-4,7-8H,2,5-6,9-10H2,(H,17,18,19,20). The average Bonchev–Trinajstić information content (AvgIpc) is 2.56. The van der Waals surface area contributed by atoms with E-state index in [0.717, 1.165) is 31.6 Å². The molecular formula is C15H16N6. The van der Waals surface area contributed by atoms with Crippen LogP contribution in [0.1, 0.15) is 25.1 Å². The third-order valence-electron chi connectivity index (χ3n) is 3.39. The highest BCUT2D eigenvalue weighted by Crippen LogP contribution is 2.18. The number of nitrogens with one attached hydrogen (secondary N) is 1. The molecule has 1 aliphatic rings. The molecule has 0 aliphatic carbocycles. The quantitative estimate of drug-likeness (QED) is 0.930. The van der Waals surface area contributed by atoms with Gasteiger partial charge in [-0.15, -0.1) is 0 Å². The number of nitrogens with zero attached hydrogens (tertiary/aromatic N) is 5. The maximum absolute atomic E-state index is 9.10. The molecule has 3 rings (SSSR count). The lowest BCUT2D eigenvalue weighted by atomic mass is 10.1.